The Morgan fingerprint density at radius 3 is 2.33 bits per heavy atom. The molecule has 0 radical (unpaired) electrons. The number of nitro benzene ring substituents is 1. The summed E-state index contributed by atoms with van der Waals surface area (Å²) in [5.41, 5.74) is 0.482. The maximum Gasteiger partial charge on any atom is 0.269 e. The molecule has 1 aromatic rings. The van der Waals surface area contributed by atoms with Gasteiger partial charge in [0.05, 0.1) is 4.92 Å². The summed E-state index contributed by atoms with van der Waals surface area (Å²) in [7, 11) is 2.16. The van der Waals surface area contributed by atoms with Crippen LogP contribution in [-0.2, 0) is 0 Å². The van der Waals surface area contributed by atoms with Gasteiger partial charge in [0.25, 0.3) is 11.6 Å². The standard InChI is InChI=1S/C15H19N3O3/c1-17-13-6-7-14(17)9-11(8-13)16-15(19)10-2-4-12(5-3-10)18(20)21/h2-5,11,13-14H,6-9H2,1H3,(H,16,19)/t11?,13-,14+. The Balaban J connectivity index is 1.63. The normalized spacial score (nSPS) is 28.3. The fourth-order valence-electron chi connectivity index (χ4n) is 3.53. The molecule has 1 amide bonds. The maximum atomic E-state index is 12.2. The van der Waals surface area contributed by atoms with E-state index in [4.69, 9.17) is 0 Å². The van der Waals surface area contributed by atoms with Crippen molar-refractivity contribution in [1.82, 2.24) is 10.2 Å². The average Bonchev–Trinajstić information content (AvgIpc) is 2.69. The van der Waals surface area contributed by atoms with Gasteiger partial charge in [0, 0.05) is 35.8 Å². The Morgan fingerprint density at radius 2 is 1.81 bits per heavy atom. The minimum Gasteiger partial charge on any atom is -0.349 e. The molecule has 112 valence electrons. The summed E-state index contributed by atoms with van der Waals surface area (Å²) >= 11 is 0. The number of piperidine rings is 1. The van der Waals surface area contributed by atoms with Crippen LogP contribution in [0.5, 0.6) is 0 Å². The number of hydrogen-bond acceptors (Lipinski definition) is 4. The van der Waals surface area contributed by atoms with E-state index >= 15 is 0 Å². The number of benzene rings is 1. The summed E-state index contributed by atoms with van der Waals surface area (Å²) in [6.07, 6.45) is 4.41. The van der Waals surface area contributed by atoms with Crippen LogP contribution in [0.3, 0.4) is 0 Å². The predicted octanol–water partition coefficient (Wildman–Crippen LogP) is 1.95. The second kappa shape index (κ2) is 5.44. The van der Waals surface area contributed by atoms with Crippen molar-refractivity contribution in [2.45, 2.75) is 43.8 Å². The zero-order valence-corrected chi connectivity index (χ0v) is 12.0. The smallest absolute Gasteiger partial charge is 0.269 e. The van der Waals surface area contributed by atoms with E-state index in [-0.39, 0.29) is 17.6 Å². The molecule has 0 saturated carbocycles. The van der Waals surface area contributed by atoms with E-state index in [1.807, 2.05) is 0 Å². The molecule has 2 bridgehead atoms. The second-order valence-electron chi connectivity index (χ2n) is 6.00. The molecule has 2 fully saturated rings. The van der Waals surface area contributed by atoms with Crippen LogP contribution in [0.15, 0.2) is 24.3 Å². The van der Waals surface area contributed by atoms with Crippen molar-refractivity contribution < 1.29 is 9.72 Å². The van der Waals surface area contributed by atoms with E-state index in [1.165, 1.54) is 37.1 Å². The maximum absolute atomic E-state index is 12.2. The molecule has 3 atom stereocenters. The molecule has 2 aliphatic heterocycles. The van der Waals surface area contributed by atoms with E-state index in [0.717, 1.165) is 12.8 Å². The van der Waals surface area contributed by atoms with Crippen LogP contribution >= 0.6 is 0 Å². The van der Waals surface area contributed by atoms with Gasteiger partial charge in [-0.2, -0.15) is 0 Å². The lowest BCUT2D eigenvalue weighted by Crippen LogP contribution is -2.48. The van der Waals surface area contributed by atoms with E-state index in [0.29, 0.717) is 17.6 Å². The molecule has 1 N–H and O–H groups in total. The van der Waals surface area contributed by atoms with Crippen molar-refractivity contribution in [3.8, 4) is 0 Å². The van der Waals surface area contributed by atoms with Crippen molar-refractivity contribution in [2.75, 3.05) is 7.05 Å². The minimum absolute atomic E-state index is 0.00360. The highest BCUT2D eigenvalue weighted by Gasteiger charge is 2.38. The first-order chi connectivity index (χ1) is 10.0. The molecule has 0 aromatic heterocycles. The highest BCUT2D eigenvalue weighted by Crippen LogP contribution is 2.34. The largest absolute Gasteiger partial charge is 0.349 e. The van der Waals surface area contributed by atoms with E-state index in [2.05, 4.69) is 17.3 Å². The van der Waals surface area contributed by atoms with E-state index in [1.54, 1.807) is 0 Å². The molecule has 1 unspecified atom stereocenters. The van der Waals surface area contributed by atoms with Crippen LogP contribution in [-0.4, -0.2) is 40.9 Å². The molecule has 0 spiro atoms. The number of nitrogens with one attached hydrogen (secondary N) is 1. The third-order valence-corrected chi connectivity index (χ3v) is 4.77. The Morgan fingerprint density at radius 1 is 1.24 bits per heavy atom. The molecule has 6 nitrogen and oxygen atoms in total. The van der Waals surface area contributed by atoms with Crippen LogP contribution in [0.4, 0.5) is 5.69 Å². The fraction of sp³-hybridized carbons (Fsp3) is 0.533. The topological polar surface area (TPSA) is 75.5 Å². The Bertz CT molecular complexity index is 544. The lowest BCUT2D eigenvalue weighted by atomic mass is 9.97. The zero-order chi connectivity index (χ0) is 15.0. The fourth-order valence-corrected chi connectivity index (χ4v) is 3.53. The first-order valence-corrected chi connectivity index (χ1v) is 7.32. The van der Waals surface area contributed by atoms with E-state index in [9.17, 15) is 14.9 Å². The van der Waals surface area contributed by atoms with Crippen LogP contribution in [0.2, 0.25) is 0 Å². The molecule has 1 aromatic carbocycles. The molecule has 6 heteroatoms. The van der Waals surface area contributed by atoms with Crippen molar-refractivity contribution in [3.05, 3.63) is 39.9 Å². The number of carbonyl (C=O) groups is 1. The first kappa shape index (κ1) is 14.0. The van der Waals surface area contributed by atoms with Crippen LogP contribution in [0.25, 0.3) is 0 Å². The lowest BCUT2D eigenvalue weighted by molar-refractivity contribution is -0.384. The van der Waals surface area contributed by atoms with Gasteiger partial charge >= 0.3 is 0 Å². The second-order valence-corrected chi connectivity index (χ2v) is 6.00. The van der Waals surface area contributed by atoms with Crippen molar-refractivity contribution in [3.63, 3.8) is 0 Å². The van der Waals surface area contributed by atoms with E-state index < -0.39 is 4.92 Å². The van der Waals surface area contributed by atoms with Gasteiger partial charge in [-0.15, -0.1) is 0 Å². The highest BCUT2D eigenvalue weighted by atomic mass is 16.6. The van der Waals surface area contributed by atoms with Gasteiger partial charge in [0.15, 0.2) is 0 Å². The number of nitro groups is 1. The molecule has 21 heavy (non-hydrogen) atoms. The molecule has 2 aliphatic rings. The number of hydrogen-bond donors (Lipinski definition) is 1. The number of fused-ring (bicyclic) bond motifs is 2. The number of rotatable bonds is 3. The molecule has 2 saturated heterocycles. The molecule has 0 aliphatic carbocycles. The lowest BCUT2D eigenvalue weighted by Gasteiger charge is -2.36. The molecule has 2 heterocycles. The summed E-state index contributed by atoms with van der Waals surface area (Å²) in [4.78, 5) is 24.8. The Kier molecular flexibility index (Phi) is 3.63. The third-order valence-electron chi connectivity index (χ3n) is 4.77. The van der Waals surface area contributed by atoms with Crippen molar-refractivity contribution in [1.29, 1.82) is 0 Å². The van der Waals surface area contributed by atoms with Gasteiger partial charge in [-0.25, -0.2) is 0 Å². The summed E-state index contributed by atoms with van der Waals surface area (Å²) in [6.45, 7) is 0. The summed E-state index contributed by atoms with van der Waals surface area (Å²) in [5.74, 6) is -0.140. The third kappa shape index (κ3) is 2.76. The zero-order valence-electron chi connectivity index (χ0n) is 12.0. The summed E-state index contributed by atoms with van der Waals surface area (Å²) in [6, 6.07) is 7.12. The first-order valence-electron chi connectivity index (χ1n) is 7.32. The minimum atomic E-state index is -0.462. The molecular formula is C15H19N3O3. The number of carbonyl (C=O) groups excluding carboxylic acids is 1. The highest BCUT2D eigenvalue weighted by molar-refractivity contribution is 5.94. The van der Waals surface area contributed by atoms with Crippen LogP contribution in [0.1, 0.15) is 36.0 Å². The molecule has 3 rings (SSSR count). The van der Waals surface area contributed by atoms with Gasteiger partial charge in [0.2, 0.25) is 0 Å². The van der Waals surface area contributed by atoms with Crippen molar-refractivity contribution in [2.24, 2.45) is 0 Å². The number of nitrogens with zero attached hydrogens (tertiary/aromatic N) is 2. The Labute approximate surface area is 123 Å². The van der Waals surface area contributed by atoms with Gasteiger partial charge in [0.1, 0.15) is 0 Å². The van der Waals surface area contributed by atoms with Gasteiger partial charge in [-0.1, -0.05) is 0 Å². The van der Waals surface area contributed by atoms with Gasteiger partial charge < -0.3 is 10.2 Å². The van der Waals surface area contributed by atoms with Crippen LogP contribution in [0, 0.1) is 10.1 Å². The summed E-state index contributed by atoms with van der Waals surface area (Å²) in [5, 5.41) is 13.7. The average molecular weight is 289 g/mol. The number of non-ortho nitro benzene ring substituents is 1. The summed E-state index contributed by atoms with van der Waals surface area (Å²) < 4.78 is 0. The van der Waals surface area contributed by atoms with Gasteiger partial charge in [-0.3, -0.25) is 14.9 Å². The van der Waals surface area contributed by atoms with Gasteiger partial charge in [-0.05, 0) is 44.9 Å². The predicted molar refractivity (Wildman–Crippen MR) is 78.2 cm³/mol. The quantitative estimate of drug-likeness (QED) is 0.681. The number of amides is 1. The monoisotopic (exact) mass is 289 g/mol. The van der Waals surface area contributed by atoms with Crippen LogP contribution < -0.4 is 5.32 Å². The van der Waals surface area contributed by atoms with Crippen molar-refractivity contribution >= 4 is 11.6 Å². The molecular weight excluding hydrogens is 270 g/mol. The SMILES string of the molecule is CN1[C@@H]2CC[C@H]1CC(NC(=O)c1ccc([N+](=O)[O-])cc1)C2. The Hall–Kier alpha value is -1.95.